The van der Waals surface area contributed by atoms with E-state index in [0.717, 1.165) is 32.9 Å². The van der Waals surface area contributed by atoms with Gasteiger partial charge in [0.1, 0.15) is 5.82 Å². The molecular weight excluding hydrogens is 559 g/mol. The molecule has 0 aliphatic heterocycles. The molecule has 5 aromatic rings. The number of aromatic nitrogens is 3. The van der Waals surface area contributed by atoms with Crippen LogP contribution < -0.4 is 5.56 Å². The summed E-state index contributed by atoms with van der Waals surface area (Å²) in [6.07, 6.45) is 4.60. The van der Waals surface area contributed by atoms with Crippen LogP contribution in [0.4, 0.5) is 0 Å². The molecular formula is C28H23BrCl2N4O. The molecule has 0 saturated carbocycles. The lowest BCUT2D eigenvalue weighted by Crippen LogP contribution is -2.23. The molecule has 182 valence electrons. The number of fused-ring (bicyclic) bond motifs is 2. The molecule has 2 aromatic heterocycles. The van der Waals surface area contributed by atoms with Crippen LogP contribution in [0, 0.1) is 0 Å². The fraction of sp³-hybridized carbons (Fsp3) is 0.179. The second-order valence-electron chi connectivity index (χ2n) is 8.77. The highest BCUT2D eigenvalue weighted by Crippen LogP contribution is 2.26. The number of benzene rings is 3. The van der Waals surface area contributed by atoms with E-state index in [0.29, 0.717) is 33.3 Å². The number of nitrogens with zero attached hydrogens (tertiary/aromatic N) is 4. The zero-order valence-electron chi connectivity index (χ0n) is 19.8. The van der Waals surface area contributed by atoms with Gasteiger partial charge in [-0.3, -0.25) is 4.79 Å². The van der Waals surface area contributed by atoms with E-state index in [-0.39, 0.29) is 11.5 Å². The van der Waals surface area contributed by atoms with Crippen LogP contribution in [0.1, 0.15) is 43.1 Å². The van der Waals surface area contributed by atoms with Crippen molar-refractivity contribution < 1.29 is 0 Å². The predicted octanol–water partition coefficient (Wildman–Crippen LogP) is 7.86. The normalized spacial score (nSPS) is 12.7. The topological polar surface area (TPSA) is 52.2 Å². The van der Waals surface area contributed by atoms with Crippen LogP contribution in [0.3, 0.4) is 0 Å². The fourth-order valence-electron chi connectivity index (χ4n) is 4.24. The summed E-state index contributed by atoms with van der Waals surface area (Å²) in [6.45, 7) is 4.71. The second kappa shape index (κ2) is 10.2. The molecule has 5 nitrogen and oxygen atoms in total. The molecule has 8 heteroatoms. The number of halogens is 3. The Morgan fingerprint density at radius 1 is 1.08 bits per heavy atom. The Balaban J connectivity index is 1.62. The first-order valence-corrected chi connectivity index (χ1v) is 13.2. The van der Waals surface area contributed by atoms with Gasteiger partial charge in [0.05, 0.1) is 17.1 Å². The number of rotatable bonds is 6. The zero-order chi connectivity index (χ0) is 25.4. The molecule has 0 radical (unpaired) electrons. The van der Waals surface area contributed by atoms with E-state index >= 15 is 0 Å². The molecule has 2 heterocycles. The van der Waals surface area contributed by atoms with Crippen molar-refractivity contribution in [2.45, 2.75) is 32.7 Å². The van der Waals surface area contributed by atoms with Crippen molar-refractivity contribution in [1.82, 2.24) is 14.2 Å². The molecule has 36 heavy (non-hydrogen) atoms. The first-order valence-electron chi connectivity index (χ1n) is 11.6. The van der Waals surface area contributed by atoms with Gasteiger partial charge in [0, 0.05) is 49.6 Å². The number of para-hydroxylation sites is 1. The minimum atomic E-state index is -0.190. The Kier molecular flexibility index (Phi) is 7.02. The van der Waals surface area contributed by atoms with Crippen LogP contribution in [-0.4, -0.2) is 20.4 Å². The maximum Gasteiger partial charge on any atom is 0.282 e. The van der Waals surface area contributed by atoms with Gasteiger partial charge in [-0.1, -0.05) is 77.2 Å². The first kappa shape index (κ1) is 24.8. The summed E-state index contributed by atoms with van der Waals surface area (Å²) < 4.78 is 4.38. The summed E-state index contributed by atoms with van der Waals surface area (Å²) in [4.78, 5) is 18.3. The smallest absolute Gasteiger partial charge is 0.282 e. The van der Waals surface area contributed by atoms with E-state index in [2.05, 4.69) is 45.5 Å². The van der Waals surface area contributed by atoms with E-state index in [9.17, 15) is 4.79 Å². The third-order valence-corrected chi connectivity index (χ3v) is 7.45. The second-order valence-corrected chi connectivity index (χ2v) is 10.5. The molecule has 1 atom stereocenters. The van der Waals surface area contributed by atoms with Gasteiger partial charge in [0.2, 0.25) is 0 Å². The van der Waals surface area contributed by atoms with Gasteiger partial charge in [-0.15, -0.1) is 0 Å². The zero-order valence-corrected chi connectivity index (χ0v) is 22.8. The van der Waals surface area contributed by atoms with Crippen LogP contribution in [0.2, 0.25) is 10.0 Å². The Morgan fingerprint density at radius 2 is 1.89 bits per heavy atom. The van der Waals surface area contributed by atoms with Crippen molar-refractivity contribution in [3.05, 3.63) is 109 Å². The number of hydrogen-bond acceptors (Lipinski definition) is 3. The van der Waals surface area contributed by atoms with E-state index in [1.165, 1.54) is 4.68 Å². The van der Waals surface area contributed by atoms with Gasteiger partial charge in [-0.05, 0) is 48.4 Å². The molecule has 0 saturated heterocycles. The highest BCUT2D eigenvalue weighted by Gasteiger charge is 2.16. The SMILES string of the molecule is CC[C@@H](C)c1nc2ccc(Br)cc2c(=O)n1N=Cc1cn(Cc2ccc(Cl)cc2Cl)c2ccccc12. The first-order chi connectivity index (χ1) is 17.4. The maximum atomic E-state index is 13.5. The lowest BCUT2D eigenvalue weighted by atomic mass is 10.1. The Labute approximate surface area is 227 Å². The molecule has 0 fully saturated rings. The van der Waals surface area contributed by atoms with Gasteiger partial charge in [0.25, 0.3) is 5.56 Å². The highest BCUT2D eigenvalue weighted by atomic mass is 79.9. The molecule has 0 unspecified atom stereocenters. The summed E-state index contributed by atoms with van der Waals surface area (Å²) >= 11 is 16.0. The minimum absolute atomic E-state index is 0.0660. The molecule has 5 rings (SSSR count). The molecule has 0 aliphatic carbocycles. The van der Waals surface area contributed by atoms with Crippen molar-refractivity contribution in [2.24, 2.45) is 5.10 Å². The van der Waals surface area contributed by atoms with E-state index < -0.39 is 0 Å². The largest absolute Gasteiger partial charge is 0.342 e. The average Bonchev–Trinajstić information content (AvgIpc) is 3.22. The van der Waals surface area contributed by atoms with Crippen molar-refractivity contribution in [1.29, 1.82) is 0 Å². The summed E-state index contributed by atoms with van der Waals surface area (Å²) in [5.41, 5.74) is 3.38. The molecule has 0 bridgehead atoms. The summed E-state index contributed by atoms with van der Waals surface area (Å²) in [6, 6.07) is 19.2. The molecule has 0 amide bonds. The lowest BCUT2D eigenvalue weighted by molar-refractivity contribution is 0.613. The van der Waals surface area contributed by atoms with Crippen LogP contribution in [-0.2, 0) is 6.54 Å². The molecule has 0 aliphatic rings. The standard InChI is InChI=1S/C28H23BrCl2N4O/c1-3-17(2)27-33-25-11-9-20(29)12-23(25)28(36)35(27)32-14-19-16-34(26-7-5-4-6-22(19)26)15-18-8-10-21(30)13-24(18)31/h4-14,16-17H,3,15H2,1-2H3/t17-/m1/s1. The summed E-state index contributed by atoms with van der Waals surface area (Å²) in [5.74, 6) is 0.710. The Bertz CT molecular complexity index is 1690. The van der Waals surface area contributed by atoms with Crippen molar-refractivity contribution in [2.75, 3.05) is 0 Å². The van der Waals surface area contributed by atoms with Gasteiger partial charge >= 0.3 is 0 Å². The van der Waals surface area contributed by atoms with Gasteiger partial charge in [-0.2, -0.15) is 9.78 Å². The van der Waals surface area contributed by atoms with Gasteiger partial charge in [0.15, 0.2) is 0 Å². The summed E-state index contributed by atoms with van der Waals surface area (Å²) in [5, 5.41) is 7.44. The van der Waals surface area contributed by atoms with Crippen LogP contribution >= 0.6 is 39.1 Å². The Hall–Kier alpha value is -2.93. The van der Waals surface area contributed by atoms with Crippen molar-refractivity contribution in [3.63, 3.8) is 0 Å². The third-order valence-electron chi connectivity index (χ3n) is 6.37. The third kappa shape index (κ3) is 4.73. The molecule has 3 aromatic carbocycles. The highest BCUT2D eigenvalue weighted by molar-refractivity contribution is 9.10. The van der Waals surface area contributed by atoms with Gasteiger partial charge < -0.3 is 4.57 Å². The minimum Gasteiger partial charge on any atom is -0.342 e. The maximum absolute atomic E-state index is 13.5. The fourth-order valence-corrected chi connectivity index (χ4v) is 5.07. The monoisotopic (exact) mass is 580 g/mol. The predicted molar refractivity (Wildman–Crippen MR) is 153 cm³/mol. The van der Waals surface area contributed by atoms with Crippen LogP contribution in [0.15, 0.2) is 81.2 Å². The van der Waals surface area contributed by atoms with Crippen molar-refractivity contribution >= 4 is 67.2 Å². The van der Waals surface area contributed by atoms with Gasteiger partial charge in [-0.25, -0.2) is 4.98 Å². The number of hydrogen-bond donors (Lipinski definition) is 0. The van der Waals surface area contributed by atoms with E-state index in [1.54, 1.807) is 18.3 Å². The average molecular weight is 582 g/mol. The quantitative estimate of drug-likeness (QED) is 0.192. The summed E-state index contributed by atoms with van der Waals surface area (Å²) in [7, 11) is 0. The molecule has 0 N–H and O–H groups in total. The van der Waals surface area contributed by atoms with Crippen LogP contribution in [0.5, 0.6) is 0 Å². The van der Waals surface area contributed by atoms with E-state index in [4.69, 9.17) is 28.2 Å². The van der Waals surface area contributed by atoms with Crippen molar-refractivity contribution in [3.8, 4) is 0 Å². The lowest BCUT2D eigenvalue weighted by Gasteiger charge is -2.13. The van der Waals surface area contributed by atoms with E-state index in [1.807, 2.05) is 48.7 Å². The molecule has 0 spiro atoms. The van der Waals surface area contributed by atoms with Crippen LogP contribution in [0.25, 0.3) is 21.8 Å². The Morgan fingerprint density at radius 3 is 2.67 bits per heavy atom.